The van der Waals surface area contributed by atoms with Gasteiger partial charge >= 0.3 is 5.97 Å². The number of anilines is 1. The van der Waals surface area contributed by atoms with Gasteiger partial charge in [0.15, 0.2) is 0 Å². The second-order valence-electron chi connectivity index (χ2n) is 6.55. The fourth-order valence-electron chi connectivity index (χ4n) is 3.54. The van der Waals surface area contributed by atoms with E-state index >= 15 is 0 Å². The third kappa shape index (κ3) is 3.96. The molecule has 1 saturated carbocycles. The zero-order valence-electron chi connectivity index (χ0n) is 13.3. The lowest BCUT2D eigenvalue weighted by molar-refractivity contribution is 0.0601. The van der Waals surface area contributed by atoms with Gasteiger partial charge in [0, 0.05) is 12.7 Å². The molecule has 21 heavy (non-hydrogen) atoms. The Hall–Kier alpha value is -1.58. The van der Waals surface area contributed by atoms with Crippen molar-refractivity contribution in [2.45, 2.75) is 46.0 Å². The molecule has 1 N–H and O–H groups in total. The Bertz CT molecular complexity index is 479. The Balaban J connectivity index is 2.09. The second-order valence-corrected chi connectivity index (χ2v) is 6.55. The SMILES string of the molecule is COC(=O)c1cccnc1NCC1(CC(C)C)CCCC1. The van der Waals surface area contributed by atoms with Gasteiger partial charge in [-0.1, -0.05) is 26.7 Å². The van der Waals surface area contributed by atoms with Crippen LogP contribution in [0.5, 0.6) is 0 Å². The predicted octanol–water partition coefficient (Wildman–Crippen LogP) is 3.89. The molecule has 2 rings (SSSR count). The highest BCUT2D eigenvalue weighted by molar-refractivity contribution is 5.94. The second kappa shape index (κ2) is 6.92. The molecule has 1 aromatic rings. The van der Waals surface area contributed by atoms with Gasteiger partial charge < -0.3 is 10.1 Å². The molecule has 0 aliphatic heterocycles. The lowest BCUT2D eigenvalue weighted by Crippen LogP contribution is -2.29. The van der Waals surface area contributed by atoms with Crippen LogP contribution in [-0.4, -0.2) is 24.6 Å². The number of hydrogen-bond donors (Lipinski definition) is 1. The number of aromatic nitrogens is 1. The van der Waals surface area contributed by atoms with E-state index in [-0.39, 0.29) is 5.97 Å². The predicted molar refractivity (Wildman–Crippen MR) is 84.4 cm³/mol. The molecule has 0 spiro atoms. The quantitative estimate of drug-likeness (QED) is 0.808. The molecular weight excluding hydrogens is 264 g/mol. The average Bonchev–Trinajstić information content (AvgIpc) is 2.92. The summed E-state index contributed by atoms with van der Waals surface area (Å²) in [5.41, 5.74) is 0.858. The number of nitrogens with one attached hydrogen (secondary N) is 1. The van der Waals surface area contributed by atoms with E-state index in [1.54, 1.807) is 18.3 Å². The normalized spacial score (nSPS) is 17.0. The van der Waals surface area contributed by atoms with Crippen LogP contribution in [0.15, 0.2) is 18.3 Å². The van der Waals surface area contributed by atoms with Gasteiger partial charge in [0.25, 0.3) is 0 Å². The fourth-order valence-corrected chi connectivity index (χ4v) is 3.54. The minimum atomic E-state index is -0.338. The number of esters is 1. The molecule has 0 radical (unpaired) electrons. The van der Waals surface area contributed by atoms with Crippen molar-refractivity contribution in [3.05, 3.63) is 23.9 Å². The topological polar surface area (TPSA) is 51.2 Å². The first-order chi connectivity index (χ1) is 10.1. The lowest BCUT2D eigenvalue weighted by atomic mass is 9.78. The van der Waals surface area contributed by atoms with Crippen molar-refractivity contribution in [1.29, 1.82) is 0 Å². The van der Waals surface area contributed by atoms with Crippen molar-refractivity contribution in [2.24, 2.45) is 11.3 Å². The number of pyridine rings is 1. The van der Waals surface area contributed by atoms with Gasteiger partial charge in [0.1, 0.15) is 11.4 Å². The number of nitrogens with zero attached hydrogens (tertiary/aromatic N) is 1. The first-order valence-corrected chi connectivity index (χ1v) is 7.83. The molecule has 116 valence electrons. The van der Waals surface area contributed by atoms with Crippen molar-refractivity contribution < 1.29 is 9.53 Å². The van der Waals surface area contributed by atoms with Crippen molar-refractivity contribution in [2.75, 3.05) is 19.0 Å². The Kier molecular flexibility index (Phi) is 5.21. The van der Waals surface area contributed by atoms with Crippen molar-refractivity contribution in [3.8, 4) is 0 Å². The molecule has 1 heterocycles. The Labute approximate surface area is 127 Å². The van der Waals surface area contributed by atoms with Crippen molar-refractivity contribution in [1.82, 2.24) is 4.98 Å². The maximum Gasteiger partial charge on any atom is 0.341 e. The number of carbonyl (C=O) groups excluding carboxylic acids is 1. The summed E-state index contributed by atoms with van der Waals surface area (Å²) in [5, 5.41) is 3.40. The van der Waals surface area contributed by atoms with Crippen molar-refractivity contribution in [3.63, 3.8) is 0 Å². The van der Waals surface area contributed by atoms with E-state index < -0.39 is 0 Å². The van der Waals surface area contributed by atoms with Crippen LogP contribution >= 0.6 is 0 Å². The third-order valence-electron chi connectivity index (χ3n) is 4.35. The van der Waals surface area contributed by atoms with Crippen LogP contribution in [0.25, 0.3) is 0 Å². The van der Waals surface area contributed by atoms with Crippen LogP contribution in [0.3, 0.4) is 0 Å². The van der Waals surface area contributed by atoms with Crippen LogP contribution in [0.4, 0.5) is 5.82 Å². The number of carbonyl (C=O) groups is 1. The number of ether oxygens (including phenoxy) is 1. The summed E-state index contributed by atoms with van der Waals surface area (Å²) in [7, 11) is 1.40. The maximum absolute atomic E-state index is 11.8. The van der Waals surface area contributed by atoms with Gasteiger partial charge in [0.05, 0.1) is 7.11 Å². The van der Waals surface area contributed by atoms with Crippen LogP contribution in [0.1, 0.15) is 56.3 Å². The summed E-state index contributed by atoms with van der Waals surface area (Å²) in [6.45, 7) is 5.44. The monoisotopic (exact) mass is 290 g/mol. The van der Waals surface area contributed by atoms with Gasteiger partial charge in [-0.15, -0.1) is 0 Å². The molecule has 0 bridgehead atoms. The molecule has 0 amide bonds. The summed E-state index contributed by atoms with van der Waals surface area (Å²) in [6, 6.07) is 3.52. The largest absolute Gasteiger partial charge is 0.465 e. The summed E-state index contributed by atoms with van der Waals surface area (Å²) < 4.78 is 4.82. The van der Waals surface area contributed by atoms with E-state index in [0.717, 1.165) is 6.54 Å². The van der Waals surface area contributed by atoms with Crippen molar-refractivity contribution >= 4 is 11.8 Å². The summed E-state index contributed by atoms with van der Waals surface area (Å²) in [6.07, 6.45) is 8.07. The Morgan fingerprint density at radius 3 is 2.76 bits per heavy atom. The molecule has 0 atom stereocenters. The minimum Gasteiger partial charge on any atom is -0.465 e. The van der Waals surface area contributed by atoms with Gasteiger partial charge in [-0.25, -0.2) is 9.78 Å². The molecule has 0 saturated heterocycles. The zero-order valence-corrected chi connectivity index (χ0v) is 13.3. The molecule has 0 unspecified atom stereocenters. The van der Waals surface area contributed by atoms with E-state index in [1.807, 2.05) is 0 Å². The summed E-state index contributed by atoms with van der Waals surface area (Å²) in [4.78, 5) is 16.1. The lowest BCUT2D eigenvalue weighted by Gasteiger charge is -2.31. The van der Waals surface area contributed by atoms with E-state index in [1.165, 1.54) is 39.2 Å². The smallest absolute Gasteiger partial charge is 0.341 e. The first-order valence-electron chi connectivity index (χ1n) is 7.83. The Morgan fingerprint density at radius 2 is 2.14 bits per heavy atom. The molecule has 1 aromatic heterocycles. The number of rotatable bonds is 6. The van der Waals surface area contributed by atoms with E-state index in [2.05, 4.69) is 24.1 Å². The fraction of sp³-hybridized carbons (Fsp3) is 0.647. The van der Waals surface area contributed by atoms with Crippen LogP contribution in [-0.2, 0) is 4.74 Å². The van der Waals surface area contributed by atoms with Gasteiger partial charge in [-0.2, -0.15) is 0 Å². The molecule has 4 heteroatoms. The number of hydrogen-bond acceptors (Lipinski definition) is 4. The third-order valence-corrected chi connectivity index (χ3v) is 4.35. The molecule has 4 nitrogen and oxygen atoms in total. The van der Waals surface area contributed by atoms with Gasteiger partial charge in [-0.05, 0) is 42.7 Å². The molecule has 0 aromatic carbocycles. The average molecular weight is 290 g/mol. The highest BCUT2D eigenvalue weighted by atomic mass is 16.5. The first kappa shape index (κ1) is 15.8. The van der Waals surface area contributed by atoms with Crippen LogP contribution in [0, 0.1) is 11.3 Å². The van der Waals surface area contributed by atoms with E-state index in [4.69, 9.17) is 4.74 Å². The van der Waals surface area contributed by atoms with E-state index in [9.17, 15) is 4.79 Å². The van der Waals surface area contributed by atoms with Gasteiger partial charge in [0.2, 0.25) is 0 Å². The van der Waals surface area contributed by atoms with Crippen LogP contribution in [0.2, 0.25) is 0 Å². The maximum atomic E-state index is 11.8. The molecular formula is C17H26N2O2. The van der Waals surface area contributed by atoms with Crippen LogP contribution < -0.4 is 5.32 Å². The number of methoxy groups -OCH3 is 1. The summed E-state index contributed by atoms with van der Waals surface area (Å²) >= 11 is 0. The molecule has 1 aliphatic carbocycles. The van der Waals surface area contributed by atoms with Gasteiger partial charge in [-0.3, -0.25) is 0 Å². The van der Waals surface area contributed by atoms with E-state index in [0.29, 0.717) is 22.7 Å². The summed E-state index contributed by atoms with van der Waals surface area (Å²) in [5.74, 6) is 0.989. The highest BCUT2D eigenvalue weighted by Gasteiger charge is 2.34. The highest BCUT2D eigenvalue weighted by Crippen LogP contribution is 2.43. The molecule has 1 fully saturated rings. The minimum absolute atomic E-state index is 0.338. The Morgan fingerprint density at radius 1 is 1.43 bits per heavy atom. The zero-order chi connectivity index (χ0) is 15.3. The standard InChI is InChI=1S/C17H26N2O2/c1-13(2)11-17(8-4-5-9-17)12-19-15-14(16(20)21-3)7-6-10-18-15/h6-7,10,13H,4-5,8-9,11-12H2,1-3H3,(H,18,19). The molecule has 1 aliphatic rings.